The summed E-state index contributed by atoms with van der Waals surface area (Å²) < 4.78 is 10.4. The highest BCUT2D eigenvalue weighted by Crippen LogP contribution is 2.29. The van der Waals surface area contributed by atoms with E-state index in [9.17, 15) is 9.90 Å². The summed E-state index contributed by atoms with van der Waals surface area (Å²) in [6, 6.07) is 12.3. The van der Waals surface area contributed by atoms with E-state index < -0.39 is 6.10 Å². The van der Waals surface area contributed by atoms with Gasteiger partial charge in [-0.25, -0.2) is 0 Å². The average Bonchev–Trinajstić information content (AvgIpc) is 2.59. The van der Waals surface area contributed by atoms with Gasteiger partial charge in [-0.3, -0.25) is 4.79 Å². The molecule has 0 fully saturated rings. The molecule has 0 aliphatic rings. The fourth-order valence-corrected chi connectivity index (χ4v) is 2.53. The summed E-state index contributed by atoms with van der Waals surface area (Å²) in [5, 5.41) is 13.6. The Hall–Kier alpha value is -2.24. The van der Waals surface area contributed by atoms with Gasteiger partial charge in [-0.2, -0.15) is 0 Å². The molecule has 2 aromatic carbocycles. The number of ether oxygens (including phenoxy) is 2. The van der Waals surface area contributed by atoms with Crippen molar-refractivity contribution in [2.24, 2.45) is 0 Å². The van der Waals surface area contributed by atoms with E-state index in [0.717, 1.165) is 5.56 Å². The highest BCUT2D eigenvalue weighted by Gasteiger charge is 2.16. The van der Waals surface area contributed by atoms with Gasteiger partial charge in [0.15, 0.2) is 0 Å². The van der Waals surface area contributed by atoms with Gasteiger partial charge in [0.2, 0.25) is 5.91 Å². The monoisotopic (exact) mass is 349 g/mol. The van der Waals surface area contributed by atoms with Crippen molar-refractivity contribution < 1.29 is 19.4 Å². The highest BCUT2D eigenvalue weighted by molar-refractivity contribution is 6.30. The molecule has 2 aromatic rings. The van der Waals surface area contributed by atoms with E-state index >= 15 is 0 Å². The number of carbonyl (C=O) groups excluding carboxylic acids is 1. The molecule has 6 heteroatoms. The van der Waals surface area contributed by atoms with E-state index in [2.05, 4.69) is 5.32 Å². The van der Waals surface area contributed by atoms with Crippen LogP contribution in [0.25, 0.3) is 0 Å². The van der Waals surface area contributed by atoms with Crippen LogP contribution < -0.4 is 14.8 Å². The van der Waals surface area contributed by atoms with Gasteiger partial charge in [-0.1, -0.05) is 23.7 Å². The number of carbonyl (C=O) groups is 1. The van der Waals surface area contributed by atoms with Crippen molar-refractivity contribution in [2.45, 2.75) is 12.5 Å². The van der Waals surface area contributed by atoms with Crippen molar-refractivity contribution in [3.63, 3.8) is 0 Å². The zero-order valence-corrected chi connectivity index (χ0v) is 14.3. The van der Waals surface area contributed by atoms with Gasteiger partial charge in [0.1, 0.15) is 11.5 Å². The van der Waals surface area contributed by atoms with E-state index in [1.54, 1.807) is 43.5 Å². The molecule has 24 heavy (non-hydrogen) atoms. The SMILES string of the molecule is COc1ccc(OC)c(C(O)CNC(=O)Cc2cccc(Cl)c2)c1. The summed E-state index contributed by atoms with van der Waals surface area (Å²) in [6.45, 7) is 0.0723. The molecule has 0 heterocycles. The minimum Gasteiger partial charge on any atom is -0.497 e. The molecule has 2 rings (SSSR count). The van der Waals surface area contributed by atoms with Crippen molar-refractivity contribution >= 4 is 17.5 Å². The Labute approximate surface area is 146 Å². The average molecular weight is 350 g/mol. The van der Waals surface area contributed by atoms with Gasteiger partial charge in [-0.05, 0) is 35.9 Å². The first kappa shape index (κ1) is 18.1. The molecule has 0 aliphatic carbocycles. The van der Waals surface area contributed by atoms with Crippen molar-refractivity contribution in [1.82, 2.24) is 5.32 Å². The van der Waals surface area contributed by atoms with Crippen LogP contribution in [0.3, 0.4) is 0 Å². The lowest BCUT2D eigenvalue weighted by molar-refractivity contribution is -0.120. The number of rotatable bonds is 7. The maximum atomic E-state index is 12.0. The molecular formula is C18H20ClNO4. The minimum atomic E-state index is -0.904. The standard InChI is InChI=1S/C18H20ClNO4/c1-23-14-6-7-17(24-2)15(10-14)16(21)11-20-18(22)9-12-4-3-5-13(19)8-12/h3-8,10,16,21H,9,11H2,1-2H3,(H,20,22). The summed E-state index contributed by atoms with van der Waals surface area (Å²) >= 11 is 5.90. The lowest BCUT2D eigenvalue weighted by Gasteiger charge is -2.16. The number of hydrogen-bond acceptors (Lipinski definition) is 4. The topological polar surface area (TPSA) is 67.8 Å². The second-order valence-corrected chi connectivity index (χ2v) is 5.67. The molecule has 0 bridgehead atoms. The first-order valence-electron chi connectivity index (χ1n) is 7.44. The molecule has 0 saturated carbocycles. The van der Waals surface area contributed by atoms with E-state index in [1.807, 2.05) is 6.07 Å². The maximum Gasteiger partial charge on any atom is 0.224 e. The van der Waals surface area contributed by atoms with Gasteiger partial charge >= 0.3 is 0 Å². The third-order valence-electron chi connectivity index (χ3n) is 3.54. The van der Waals surface area contributed by atoms with E-state index in [0.29, 0.717) is 22.1 Å². The number of hydrogen-bond donors (Lipinski definition) is 2. The molecule has 0 saturated heterocycles. The highest BCUT2D eigenvalue weighted by atomic mass is 35.5. The summed E-state index contributed by atoms with van der Waals surface area (Å²) in [5.74, 6) is 0.945. The number of methoxy groups -OCH3 is 2. The molecule has 1 atom stereocenters. The fourth-order valence-electron chi connectivity index (χ4n) is 2.32. The lowest BCUT2D eigenvalue weighted by Crippen LogP contribution is -2.29. The van der Waals surface area contributed by atoms with E-state index in [1.165, 1.54) is 7.11 Å². The van der Waals surface area contributed by atoms with Crippen LogP contribution in [0.1, 0.15) is 17.2 Å². The molecule has 1 unspecified atom stereocenters. The van der Waals surface area contributed by atoms with Crippen LogP contribution >= 0.6 is 11.6 Å². The number of benzene rings is 2. The van der Waals surface area contributed by atoms with E-state index in [4.69, 9.17) is 21.1 Å². The Balaban J connectivity index is 1.97. The zero-order valence-electron chi connectivity index (χ0n) is 13.6. The quantitative estimate of drug-likeness (QED) is 0.806. The van der Waals surface area contributed by atoms with Gasteiger partial charge in [0.25, 0.3) is 0 Å². The van der Waals surface area contributed by atoms with Crippen LogP contribution in [0.5, 0.6) is 11.5 Å². The normalized spacial score (nSPS) is 11.7. The summed E-state index contributed by atoms with van der Waals surface area (Å²) in [7, 11) is 3.07. The second-order valence-electron chi connectivity index (χ2n) is 5.23. The van der Waals surface area contributed by atoms with Gasteiger partial charge in [-0.15, -0.1) is 0 Å². The first-order valence-corrected chi connectivity index (χ1v) is 7.82. The van der Waals surface area contributed by atoms with Crippen LogP contribution in [0.15, 0.2) is 42.5 Å². The molecule has 5 nitrogen and oxygen atoms in total. The molecule has 1 amide bonds. The minimum absolute atomic E-state index is 0.0723. The van der Waals surface area contributed by atoms with Gasteiger partial charge in [0.05, 0.1) is 26.7 Å². The molecular weight excluding hydrogens is 330 g/mol. The predicted octanol–water partition coefficient (Wildman–Crippen LogP) is 2.75. The summed E-state index contributed by atoms with van der Waals surface area (Å²) in [5.41, 5.74) is 1.37. The summed E-state index contributed by atoms with van der Waals surface area (Å²) in [4.78, 5) is 12.0. The maximum absolute atomic E-state index is 12.0. The van der Waals surface area contributed by atoms with Crippen LogP contribution in [0, 0.1) is 0 Å². The number of aliphatic hydroxyl groups excluding tert-OH is 1. The number of aliphatic hydroxyl groups is 1. The van der Waals surface area contributed by atoms with E-state index in [-0.39, 0.29) is 18.9 Å². The van der Waals surface area contributed by atoms with Crippen LogP contribution in [0.2, 0.25) is 5.02 Å². The Kier molecular flexibility index (Phi) is 6.46. The molecule has 0 spiro atoms. The molecule has 128 valence electrons. The van der Waals surface area contributed by atoms with Crippen molar-refractivity contribution in [1.29, 1.82) is 0 Å². The second kappa shape index (κ2) is 8.57. The Morgan fingerprint density at radius 1 is 1.21 bits per heavy atom. The third kappa shape index (κ3) is 4.88. The Morgan fingerprint density at radius 3 is 2.67 bits per heavy atom. The fraction of sp³-hybridized carbons (Fsp3) is 0.278. The molecule has 0 radical (unpaired) electrons. The number of amides is 1. The molecule has 2 N–H and O–H groups in total. The predicted molar refractivity (Wildman–Crippen MR) is 92.7 cm³/mol. The largest absolute Gasteiger partial charge is 0.497 e. The number of halogens is 1. The smallest absolute Gasteiger partial charge is 0.224 e. The van der Waals surface area contributed by atoms with Gasteiger partial charge in [0, 0.05) is 17.1 Å². The summed E-state index contributed by atoms with van der Waals surface area (Å²) in [6.07, 6.45) is -0.707. The van der Waals surface area contributed by atoms with Crippen molar-refractivity contribution in [2.75, 3.05) is 20.8 Å². The Morgan fingerprint density at radius 2 is 2.00 bits per heavy atom. The van der Waals surface area contributed by atoms with Crippen LogP contribution in [0.4, 0.5) is 0 Å². The van der Waals surface area contributed by atoms with Crippen molar-refractivity contribution in [3.05, 3.63) is 58.6 Å². The number of nitrogens with one attached hydrogen (secondary N) is 1. The molecule has 0 aromatic heterocycles. The Bertz CT molecular complexity index is 705. The first-order chi connectivity index (χ1) is 11.5. The van der Waals surface area contributed by atoms with Crippen LogP contribution in [-0.2, 0) is 11.2 Å². The van der Waals surface area contributed by atoms with Crippen molar-refractivity contribution in [3.8, 4) is 11.5 Å². The van der Waals surface area contributed by atoms with Crippen LogP contribution in [-0.4, -0.2) is 31.8 Å². The lowest BCUT2D eigenvalue weighted by atomic mass is 10.1. The third-order valence-corrected chi connectivity index (χ3v) is 3.78. The van der Waals surface area contributed by atoms with Gasteiger partial charge < -0.3 is 19.9 Å². The molecule has 0 aliphatic heterocycles. The zero-order chi connectivity index (χ0) is 17.5.